The molecule has 0 aliphatic carbocycles. The second-order valence-electron chi connectivity index (χ2n) is 3.78. The summed E-state index contributed by atoms with van der Waals surface area (Å²) in [7, 11) is -1.75. The van der Waals surface area contributed by atoms with Crippen LogP contribution >= 0.6 is 0 Å². The van der Waals surface area contributed by atoms with Crippen molar-refractivity contribution >= 4 is 21.8 Å². The number of sulfone groups is 1. The highest BCUT2D eigenvalue weighted by Gasteiger charge is 2.24. The van der Waals surface area contributed by atoms with E-state index in [1.807, 2.05) is 0 Å². The van der Waals surface area contributed by atoms with Crippen LogP contribution < -0.4 is 5.32 Å². The van der Waals surface area contributed by atoms with Gasteiger partial charge in [-0.25, -0.2) is 13.2 Å². The van der Waals surface area contributed by atoms with E-state index in [4.69, 9.17) is 5.11 Å². The molecule has 1 aliphatic rings. The Morgan fingerprint density at radius 3 is 2.65 bits per heavy atom. The van der Waals surface area contributed by atoms with Crippen molar-refractivity contribution in [2.45, 2.75) is 12.5 Å². The third kappa shape index (κ3) is 4.43. The lowest BCUT2D eigenvalue weighted by atomic mass is 10.3. The Morgan fingerprint density at radius 1 is 1.53 bits per heavy atom. The third-order valence-electron chi connectivity index (χ3n) is 2.25. The molecule has 1 aliphatic heterocycles. The Hall–Kier alpha value is -1.57. The van der Waals surface area contributed by atoms with Crippen molar-refractivity contribution < 1.29 is 23.1 Å². The zero-order chi connectivity index (χ0) is 13.1. The van der Waals surface area contributed by atoms with Gasteiger partial charge in [-0.15, -0.1) is 0 Å². The lowest BCUT2D eigenvalue weighted by Crippen LogP contribution is -2.44. The van der Waals surface area contributed by atoms with E-state index >= 15 is 0 Å². The number of nitrogens with zero attached hydrogens (tertiary/aromatic N) is 1. The topological polar surface area (TPSA) is 104 Å². The molecule has 0 radical (unpaired) electrons. The summed E-state index contributed by atoms with van der Waals surface area (Å²) < 4.78 is 22.2. The molecule has 1 heterocycles. The van der Waals surface area contributed by atoms with Gasteiger partial charge in [0, 0.05) is 19.0 Å². The maximum atomic E-state index is 11.5. The number of rotatable bonds is 4. The van der Waals surface area contributed by atoms with E-state index < -0.39 is 27.9 Å². The highest BCUT2D eigenvalue weighted by Crippen LogP contribution is 2.08. The molecule has 7 nitrogen and oxygen atoms in total. The predicted octanol–water partition coefficient (Wildman–Crippen LogP) is -0.587. The van der Waals surface area contributed by atoms with Crippen LogP contribution in [0, 0.1) is 0 Å². The summed E-state index contributed by atoms with van der Waals surface area (Å²) in [5.74, 6) is -1.14. The number of amides is 2. The lowest BCUT2D eigenvalue weighted by molar-refractivity contribution is -0.137. The van der Waals surface area contributed by atoms with Crippen LogP contribution in [-0.2, 0) is 14.6 Å². The van der Waals surface area contributed by atoms with Crippen LogP contribution in [0.4, 0.5) is 4.79 Å². The molecule has 96 valence electrons. The summed E-state index contributed by atoms with van der Waals surface area (Å²) in [6.45, 7) is 0.0738. The molecule has 0 spiro atoms. The fraction of sp³-hybridized carbons (Fsp3) is 0.556. The van der Waals surface area contributed by atoms with Gasteiger partial charge >= 0.3 is 12.0 Å². The molecular weight excluding hydrogens is 248 g/mol. The van der Waals surface area contributed by atoms with E-state index in [2.05, 4.69) is 5.32 Å². The Kier molecular flexibility index (Phi) is 4.11. The molecule has 0 aromatic carbocycles. The molecule has 1 rings (SSSR count). The minimum atomic E-state index is -3.20. The maximum absolute atomic E-state index is 11.5. The highest BCUT2D eigenvalue weighted by molar-refractivity contribution is 7.94. The van der Waals surface area contributed by atoms with Gasteiger partial charge in [-0.1, -0.05) is 0 Å². The summed E-state index contributed by atoms with van der Waals surface area (Å²) in [6, 6.07) is -1.03. The van der Waals surface area contributed by atoms with Gasteiger partial charge in [-0.2, -0.15) is 0 Å². The summed E-state index contributed by atoms with van der Waals surface area (Å²) >= 11 is 0. The van der Waals surface area contributed by atoms with Crippen LogP contribution in [0.15, 0.2) is 11.5 Å². The summed E-state index contributed by atoms with van der Waals surface area (Å²) in [6.07, 6.45) is 1.25. The van der Waals surface area contributed by atoms with Crippen molar-refractivity contribution in [3.8, 4) is 0 Å². The van der Waals surface area contributed by atoms with Crippen LogP contribution in [0.25, 0.3) is 0 Å². The average Bonchev–Trinajstić information content (AvgIpc) is 2.54. The number of carboxylic acid groups (broad SMARTS) is 1. The maximum Gasteiger partial charge on any atom is 0.317 e. The molecule has 17 heavy (non-hydrogen) atoms. The Morgan fingerprint density at radius 2 is 2.18 bits per heavy atom. The van der Waals surface area contributed by atoms with Gasteiger partial charge in [0.15, 0.2) is 9.84 Å². The molecule has 1 unspecified atom stereocenters. The monoisotopic (exact) mass is 262 g/mol. The summed E-state index contributed by atoms with van der Waals surface area (Å²) in [5, 5.41) is 12.0. The van der Waals surface area contributed by atoms with Crippen LogP contribution in [-0.4, -0.2) is 55.8 Å². The number of hydrogen-bond acceptors (Lipinski definition) is 4. The van der Waals surface area contributed by atoms with Gasteiger partial charge in [0.2, 0.25) is 0 Å². The number of carbonyl (C=O) groups is 2. The molecule has 0 saturated carbocycles. The van der Waals surface area contributed by atoms with Gasteiger partial charge in [-0.05, 0) is 6.08 Å². The molecule has 2 amide bonds. The van der Waals surface area contributed by atoms with Crippen molar-refractivity contribution in [2.75, 3.05) is 19.3 Å². The molecule has 8 heteroatoms. The molecule has 0 saturated heterocycles. The predicted molar refractivity (Wildman–Crippen MR) is 60.1 cm³/mol. The van der Waals surface area contributed by atoms with E-state index in [0.717, 1.165) is 5.41 Å². The standard InChI is InChI=1S/C9H14N2O5S/c1-11(4-2-8(12)13)9(14)10-7-3-5-17(15,16)6-7/h3,5,7H,2,4,6H2,1H3,(H,10,14)(H,12,13). The smallest absolute Gasteiger partial charge is 0.317 e. The van der Waals surface area contributed by atoms with E-state index in [1.54, 1.807) is 0 Å². The van der Waals surface area contributed by atoms with Crippen molar-refractivity contribution in [2.24, 2.45) is 0 Å². The number of nitrogens with one attached hydrogen (secondary N) is 1. The number of aliphatic carboxylic acids is 1. The van der Waals surface area contributed by atoms with Gasteiger partial charge in [0.05, 0.1) is 18.2 Å². The first-order chi connectivity index (χ1) is 7.80. The van der Waals surface area contributed by atoms with E-state index in [0.29, 0.717) is 0 Å². The second-order valence-corrected chi connectivity index (χ2v) is 5.71. The molecular formula is C9H14N2O5S. The first-order valence-electron chi connectivity index (χ1n) is 4.94. The van der Waals surface area contributed by atoms with Gasteiger partial charge in [-0.3, -0.25) is 4.79 Å². The van der Waals surface area contributed by atoms with Crippen molar-refractivity contribution in [1.82, 2.24) is 10.2 Å². The molecule has 0 fully saturated rings. The minimum Gasteiger partial charge on any atom is -0.481 e. The Balaban J connectivity index is 2.40. The second kappa shape index (κ2) is 5.17. The quantitative estimate of drug-likeness (QED) is 0.705. The number of urea groups is 1. The largest absolute Gasteiger partial charge is 0.481 e. The summed E-state index contributed by atoms with van der Waals surface area (Å²) in [5.41, 5.74) is 0. The number of hydrogen-bond donors (Lipinski definition) is 2. The van der Waals surface area contributed by atoms with Crippen molar-refractivity contribution in [1.29, 1.82) is 0 Å². The zero-order valence-corrected chi connectivity index (χ0v) is 10.1. The molecule has 1 atom stereocenters. The first-order valence-corrected chi connectivity index (χ1v) is 6.66. The fourth-order valence-corrected chi connectivity index (χ4v) is 2.53. The zero-order valence-electron chi connectivity index (χ0n) is 9.29. The Labute approximate surface area is 99.0 Å². The molecule has 2 N–H and O–H groups in total. The van der Waals surface area contributed by atoms with Crippen molar-refractivity contribution in [3.05, 3.63) is 11.5 Å². The Bertz CT molecular complexity index is 442. The SMILES string of the molecule is CN(CCC(=O)O)C(=O)NC1C=CS(=O)(=O)C1. The van der Waals surface area contributed by atoms with E-state index in [9.17, 15) is 18.0 Å². The van der Waals surface area contributed by atoms with E-state index in [-0.39, 0.29) is 18.7 Å². The van der Waals surface area contributed by atoms with Gasteiger partial charge < -0.3 is 15.3 Å². The molecule has 0 aromatic rings. The lowest BCUT2D eigenvalue weighted by Gasteiger charge is -2.19. The number of carboxylic acids is 1. The normalized spacial score (nSPS) is 21.1. The van der Waals surface area contributed by atoms with Crippen molar-refractivity contribution in [3.63, 3.8) is 0 Å². The minimum absolute atomic E-state index is 0.0738. The molecule has 0 aromatic heterocycles. The average molecular weight is 262 g/mol. The van der Waals surface area contributed by atoms with Crippen LogP contribution in [0.3, 0.4) is 0 Å². The number of carbonyl (C=O) groups excluding carboxylic acids is 1. The van der Waals surface area contributed by atoms with Gasteiger partial charge in [0.25, 0.3) is 0 Å². The van der Waals surface area contributed by atoms with Crippen LogP contribution in [0.1, 0.15) is 6.42 Å². The summed E-state index contributed by atoms with van der Waals surface area (Å²) in [4.78, 5) is 23.0. The van der Waals surface area contributed by atoms with Crippen LogP contribution in [0.2, 0.25) is 0 Å². The van der Waals surface area contributed by atoms with Gasteiger partial charge in [0.1, 0.15) is 0 Å². The highest BCUT2D eigenvalue weighted by atomic mass is 32.2. The first kappa shape index (κ1) is 13.5. The molecule has 0 bridgehead atoms. The van der Waals surface area contributed by atoms with E-state index in [1.165, 1.54) is 18.0 Å². The fourth-order valence-electron chi connectivity index (χ4n) is 1.30. The van der Waals surface area contributed by atoms with Crippen LogP contribution in [0.5, 0.6) is 0 Å². The third-order valence-corrected chi connectivity index (χ3v) is 3.64.